The van der Waals surface area contributed by atoms with Gasteiger partial charge in [-0.15, -0.1) is 5.10 Å². The highest BCUT2D eigenvalue weighted by molar-refractivity contribution is 5.94. The van der Waals surface area contributed by atoms with Crippen LogP contribution in [0.2, 0.25) is 0 Å². The lowest BCUT2D eigenvalue weighted by Crippen LogP contribution is -2.32. The van der Waals surface area contributed by atoms with Gasteiger partial charge < -0.3 is 0 Å². The van der Waals surface area contributed by atoms with Crippen molar-refractivity contribution in [2.75, 3.05) is 5.43 Å². The van der Waals surface area contributed by atoms with Crippen molar-refractivity contribution in [1.82, 2.24) is 20.6 Å². The van der Waals surface area contributed by atoms with Crippen LogP contribution >= 0.6 is 0 Å². The monoisotopic (exact) mass is 234 g/mol. The van der Waals surface area contributed by atoms with Gasteiger partial charge in [0, 0.05) is 11.1 Å². The summed E-state index contributed by atoms with van der Waals surface area (Å²) in [6.45, 7) is 7.06. The number of aromatic amines is 1. The molecular formula is C11H18N6. The van der Waals surface area contributed by atoms with Crippen molar-refractivity contribution in [1.29, 1.82) is 0 Å². The topological polar surface area (TPSA) is 78.9 Å². The molecule has 0 spiro atoms. The van der Waals surface area contributed by atoms with Crippen molar-refractivity contribution < 1.29 is 0 Å². The number of fused-ring (bicyclic) bond motifs is 2. The van der Waals surface area contributed by atoms with E-state index < -0.39 is 0 Å². The Morgan fingerprint density at radius 1 is 1.41 bits per heavy atom. The molecule has 0 aliphatic heterocycles. The first-order chi connectivity index (χ1) is 8.04. The largest absolute Gasteiger partial charge is 0.283 e. The van der Waals surface area contributed by atoms with Crippen LogP contribution in [0.15, 0.2) is 5.10 Å². The molecule has 1 heterocycles. The second-order valence-electron chi connectivity index (χ2n) is 5.90. The van der Waals surface area contributed by atoms with Crippen LogP contribution in [0.5, 0.6) is 0 Å². The van der Waals surface area contributed by atoms with Crippen molar-refractivity contribution in [2.24, 2.45) is 21.8 Å². The van der Waals surface area contributed by atoms with Gasteiger partial charge in [-0.05, 0) is 35.8 Å². The molecule has 17 heavy (non-hydrogen) atoms. The van der Waals surface area contributed by atoms with Crippen LogP contribution < -0.4 is 5.43 Å². The summed E-state index contributed by atoms with van der Waals surface area (Å²) in [5.41, 5.74) is 4.71. The minimum atomic E-state index is 0.217. The zero-order chi connectivity index (χ0) is 12.1. The molecule has 1 aromatic heterocycles. The summed E-state index contributed by atoms with van der Waals surface area (Å²) in [5, 5.41) is 18.1. The molecule has 2 atom stereocenters. The number of rotatable bonds is 2. The Hall–Kier alpha value is -1.46. The van der Waals surface area contributed by atoms with E-state index in [-0.39, 0.29) is 5.41 Å². The van der Waals surface area contributed by atoms with Crippen LogP contribution in [0.3, 0.4) is 0 Å². The van der Waals surface area contributed by atoms with Crippen LogP contribution in [0.25, 0.3) is 0 Å². The van der Waals surface area contributed by atoms with Gasteiger partial charge in [-0.3, -0.25) is 0 Å². The molecule has 2 N–H and O–H groups in total. The third-order valence-corrected chi connectivity index (χ3v) is 5.15. The number of anilines is 1. The number of hydrogen-bond acceptors (Lipinski definition) is 5. The standard InChI is InChI=1S/C11H18N6/c1-10(2)7-4-5-11(10,3)8(6-7)12-13-9-14-16-17-15-9/h7H,4-6H2,1-3H3,(H2,13,14,15,16,17). The maximum absolute atomic E-state index is 4.50. The number of H-pyrrole nitrogens is 1. The fraction of sp³-hybridized carbons (Fsp3) is 0.818. The zero-order valence-electron chi connectivity index (χ0n) is 10.5. The number of hydrogen-bond donors (Lipinski definition) is 2. The number of aromatic nitrogens is 4. The molecule has 2 saturated carbocycles. The van der Waals surface area contributed by atoms with E-state index >= 15 is 0 Å². The highest BCUT2D eigenvalue weighted by atomic mass is 15.5. The van der Waals surface area contributed by atoms with Crippen LogP contribution in [0.4, 0.5) is 5.95 Å². The van der Waals surface area contributed by atoms with Crippen LogP contribution in [0, 0.1) is 16.7 Å². The highest BCUT2D eigenvalue weighted by Gasteiger charge is 2.59. The number of nitrogens with zero attached hydrogens (tertiary/aromatic N) is 4. The first kappa shape index (κ1) is 10.7. The smallest absolute Gasteiger partial charge is 0.243 e. The molecule has 0 aromatic carbocycles. The lowest BCUT2D eigenvalue weighted by molar-refractivity contribution is 0.194. The molecular weight excluding hydrogens is 216 g/mol. The fourth-order valence-corrected chi connectivity index (χ4v) is 3.42. The third-order valence-electron chi connectivity index (χ3n) is 5.15. The Balaban J connectivity index is 1.84. The molecule has 0 radical (unpaired) electrons. The van der Waals surface area contributed by atoms with Gasteiger partial charge in [0.15, 0.2) is 0 Å². The van der Waals surface area contributed by atoms with Gasteiger partial charge in [0.05, 0.1) is 0 Å². The Labute approximate surface area is 100 Å². The lowest BCUT2D eigenvalue weighted by atomic mass is 9.70. The molecule has 92 valence electrons. The Bertz CT molecular complexity index is 449. The fourth-order valence-electron chi connectivity index (χ4n) is 3.42. The minimum Gasteiger partial charge on any atom is -0.243 e. The van der Waals surface area contributed by atoms with Gasteiger partial charge in [-0.1, -0.05) is 25.9 Å². The normalized spacial score (nSPS) is 36.6. The maximum Gasteiger partial charge on any atom is 0.283 e. The number of tetrazole rings is 1. The molecule has 2 aliphatic carbocycles. The lowest BCUT2D eigenvalue weighted by Gasteiger charge is -2.34. The summed E-state index contributed by atoms with van der Waals surface area (Å²) in [4.78, 5) is 0. The van der Waals surface area contributed by atoms with E-state index in [0.29, 0.717) is 11.4 Å². The summed E-state index contributed by atoms with van der Waals surface area (Å²) in [6.07, 6.45) is 3.65. The Morgan fingerprint density at radius 2 is 2.24 bits per heavy atom. The summed E-state index contributed by atoms with van der Waals surface area (Å²) in [7, 11) is 0. The average molecular weight is 234 g/mol. The van der Waals surface area contributed by atoms with E-state index in [4.69, 9.17) is 0 Å². The molecule has 3 rings (SSSR count). The molecule has 2 aliphatic rings. The van der Waals surface area contributed by atoms with Gasteiger partial charge in [0.1, 0.15) is 0 Å². The Kier molecular flexibility index (Phi) is 2.06. The summed E-state index contributed by atoms with van der Waals surface area (Å²) in [5.74, 6) is 1.19. The van der Waals surface area contributed by atoms with Crippen molar-refractivity contribution in [2.45, 2.75) is 40.0 Å². The van der Waals surface area contributed by atoms with Crippen LogP contribution in [-0.2, 0) is 0 Å². The number of hydrazone groups is 1. The number of nitrogens with one attached hydrogen (secondary N) is 2. The second-order valence-corrected chi connectivity index (χ2v) is 5.90. The molecule has 6 nitrogen and oxygen atoms in total. The van der Waals surface area contributed by atoms with Gasteiger partial charge in [-0.2, -0.15) is 10.3 Å². The highest BCUT2D eigenvalue weighted by Crippen LogP contribution is 2.63. The van der Waals surface area contributed by atoms with Crippen molar-refractivity contribution >= 4 is 11.7 Å². The van der Waals surface area contributed by atoms with Gasteiger partial charge in [0.25, 0.3) is 5.95 Å². The van der Waals surface area contributed by atoms with Crippen LogP contribution in [-0.4, -0.2) is 26.3 Å². The van der Waals surface area contributed by atoms with Crippen molar-refractivity contribution in [3.63, 3.8) is 0 Å². The molecule has 2 bridgehead atoms. The average Bonchev–Trinajstić information content (AvgIpc) is 2.91. The quantitative estimate of drug-likeness (QED) is 0.765. The van der Waals surface area contributed by atoms with Crippen molar-refractivity contribution in [3.8, 4) is 0 Å². The van der Waals surface area contributed by atoms with Gasteiger partial charge >= 0.3 is 0 Å². The Morgan fingerprint density at radius 3 is 2.76 bits per heavy atom. The predicted molar refractivity (Wildman–Crippen MR) is 64.5 cm³/mol. The summed E-state index contributed by atoms with van der Waals surface area (Å²) < 4.78 is 0. The second kappa shape index (κ2) is 3.27. The van der Waals surface area contributed by atoms with E-state index in [1.54, 1.807) is 0 Å². The van der Waals surface area contributed by atoms with Gasteiger partial charge in [-0.25, -0.2) is 5.43 Å². The molecule has 0 saturated heterocycles. The van der Waals surface area contributed by atoms with E-state index in [9.17, 15) is 0 Å². The minimum absolute atomic E-state index is 0.217. The van der Waals surface area contributed by atoms with E-state index in [0.717, 1.165) is 12.3 Å². The molecule has 2 unspecified atom stereocenters. The summed E-state index contributed by atoms with van der Waals surface area (Å²) in [6, 6.07) is 0. The first-order valence-corrected chi connectivity index (χ1v) is 6.10. The molecule has 1 aromatic rings. The first-order valence-electron chi connectivity index (χ1n) is 6.10. The SMILES string of the molecule is CC12CCC(CC1=NNc1nn[nH]n1)C2(C)C. The third kappa shape index (κ3) is 1.33. The van der Waals surface area contributed by atoms with Gasteiger partial charge in [0.2, 0.25) is 0 Å². The van der Waals surface area contributed by atoms with E-state index in [1.165, 1.54) is 18.6 Å². The van der Waals surface area contributed by atoms with Crippen LogP contribution in [0.1, 0.15) is 40.0 Å². The van der Waals surface area contributed by atoms with Crippen molar-refractivity contribution in [3.05, 3.63) is 0 Å². The maximum atomic E-state index is 4.50. The zero-order valence-corrected chi connectivity index (χ0v) is 10.5. The molecule has 0 amide bonds. The molecule has 6 heteroatoms. The van der Waals surface area contributed by atoms with E-state index in [1.807, 2.05) is 0 Å². The predicted octanol–water partition coefficient (Wildman–Crippen LogP) is 1.81. The molecule has 2 fully saturated rings. The summed E-state index contributed by atoms with van der Waals surface area (Å²) >= 11 is 0. The van der Waals surface area contributed by atoms with E-state index in [2.05, 4.69) is 51.9 Å².